The number of ether oxygens (including phenoxy) is 1. The molecule has 3 nitrogen and oxygen atoms in total. The minimum absolute atomic E-state index is 0.0748. The first-order chi connectivity index (χ1) is 7.94. The van der Waals surface area contributed by atoms with E-state index in [1.165, 1.54) is 0 Å². The summed E-state index contributed by atoms with van der Waals surface area (Å²) in [5.74, 6) is -0.363. The van der Waals surface area contributed by atoms with Crippen LogP contribution in [0.5, 0.6) is 0 Å². The molecule has 1 saturated heterocycles. The molecule has 0 aliphatic carbocycles. The van der Waals surface area contributed by atoms with E-state index in [-0.39, 0.29) is 11.9 Å². The molecule has 0 N–H and O–H groups in total. The molecule has 1 fully saturated rings. The minimum atomic E-state index is -4.38. The molecule has 1 heterocycles. The zero-order chi connectivity index (χ0) is 12.9. The molecule has 1 unspecified atom stereocenters. The monoisotopic (exact) mass is 317 g/mol. The number of carbonyl (C=O) groups excluding carboxylic acids is 1. The average Bonchev–Trinajstić information content (AvgIpc) is 2.27. The highest BCUT2D eigenvalue weighted by Gasteiger charge is 2.30. The lowest BCUT2D eigenvalue weighted by atomic mass is 10.0. The molecule has 1 aliphatic heterocycles. The summed E-state index contributed by atoms with van der Waals surface area (Å²) in [4.78, 5) is 13.3. The molecule has 1 aliphatic rings. The number of rotatable bonds is 4. The second-order valence-electron chi connectivity index (χ2n) is 4.00. The van der Waals surface area contributed by atoms with Gasteiger partial charge < -0.3 is 9.64 Å². The van der Waals surface area contributed by atoms with E-state index in [9.17, 15) is 18.0 Å². The van der Waals surface area contributed by atoms with Gasteiger partial charge in [-0.2, -0.15) is 13.2 Å². The zero-order valence-corrected chi connectivity index (χ0v) is 10.9. The molecule has 0 spiro atoms. The zero-order valence-electron chi connectivity index (χ0n) is 9.30. The van der Waals surface area contributed by atoms with Gasteiger partial charge in [0.15, 0.2) is 0 Å². The van der Waals surface area contributed by atoms with E-state index in [1.807, 2.05) is 0 Å². The van der Waals surface area contributed by atoms with Crippen molar-refractivity contribution in [2.45, 2.75) is 31.5 Å². The molecule has 7 heteroatoms. The van der Waals surface area contributed by atoms with Gasteiger partial charge in [-0.1, -0.05) is 15.9 Å². The van der Waals surface area contributed by atoms with Crippen LogP contribution in [0.1, 0.15) is 19.3 Å². The Balaban J connectivity index is 2.35. The molecule has 1 atom stereocenters. The van der Waals surface area contributed by atoms with Gasteiger partial charge in [0.05, 0.1) is 0 Å². The van der Waals surface area contributed by atoms with Gasteiger partial charge in [0, 0.05) is 17.9 Å². The van der Waals surface area contributed by atoms with Gasteiger partial charge in [0.25, 0.3) is 0 Å². The number of likely N-dealkylation sites (tertiary alicyclic amines) is 1. The van der Waals surface area contributed by atoms with Crippen molar-refractivity contribution in [1.82, 2.24) is 4.90 Å². The third-order valence-corrected chi connectivity index (χ3v) is 3.36. The fourth-order valence-corrected chi connectivity index (χ4v) is 2.50. The predicted molar refractivity (Wildman–Crippen MR) is 60.0 cm³/mol. The van der Waals surface area contributed by atoms with Gasteiger partial charge in [-0.05, 0) is 19.3 Å². The summed E-state index contributed by atoms with van der Waals surface area (Å²) in [7, 11) is 0. The molecule has 0 aromatic heterocycles. The number of alkyl halides is 4. The van der Waals surface area contributed by atoms with Crippen LogP contribution in [0.25, 0.3) is 0 Å². The molecular formula is C10H15BrF3NO2. The third kappa shape index (κ3) is 5.25. The van der Waals surface area contributed by atoms with Crippen LogP contribution in [-0.4, -0.2) is 48.1 Å². The Kier molecular flexibility index (Phi) is 5.72. The van der Waals surface area contributed by atoms with Crippen LogP contribution in [0.4, 0.5) is 13.2 Å². The highest BCUT2D eigenvalue weighted by molar-refractivity contribution is 9.09. The first kappa shape index (κ1) is 14.8. The topological polar surface area (TPSA) is 29.5 Å². The maximum Gasteiger partial charge on any atom is 0.411 e. The molecule has 17 heavy (non-hydrogen) atoms. The lowest BCUT2D eigenvalue weighted by Gasteiger charge is -2.34. The van der Waals surface area contributed by atoms with E-state index in [4.69, 9.17) is 0 Å². The highest BCUT2D eigenvalue weighted by atomic mass is 79.9. The predicted octanol–water partition coefficient (Wildman–Crippen LogP) is 2.34. The molecule has 1 amide bonds. The van der Waals surface area contributed by atoms with E-state index < -0.39 is 19.4 Å². The number of carbonyl (C=O) groups is 1. The number of halogens is 4. The maximum atomic E-state index is 11.8. The fourth-order valence-electron chi connectivity index (χ4n) is 1.83. The van der Waals surface area contributed by atoms with E-state index in [2.05, 4.69) is 20.7 Å². The molecule has 0 bridgehead atoms. The first-order valence-corrected chi connectivity index (χ1v) is 6.56. The van der Waals surface area contributed by atoms with Gasteiger partial charge in [0.2, 0.25) is 5.91 Å². The first-order valence-electron chi connectivity index (χ1n) is 5.44. The molecule has 1 rings (SSSR count). The van der Waals surface area contributed by atoms with Gasteiger partial charge in [-0.3, -0.25) is 4.79 Å². The van der Waals surface area contributed by atoms with Crippen molar-refractivity contribution in [3.8, 4) is 0 Å². The van der Waals surface area contributed by atoms with Gasteiger partial charge in [0.1, 0.15) is 13.2 Å². The molecular weight excluding hydrogens is 303 g/mol. The normalized spacial score (nSPS) is 21.6. The number of hydrogen-bond donors (Lipinski definition) is 0. The second-order valence-corrected chi connectivity index (χ2v) is 4.65. The van der Waals surface area contributed by atoms with Crippen LogP contribution in [0, 0.1) is 0 Å². The smallest absolute Gasteiger partial charge is 0.362 e. The summed E-state index contributed by atoms with van der Waals surface area (Å²) >= 11 is 3.30. The molecule has 0 saturated carbocycles. The highest BCUT2D eigenvalue weighted by Crippen LogP contribution is 2.19. The number of nitrogens with zero attached hydrogens (tertiary/aromatic N) is 1. The van der Waals surface area contributed by atoms with Crippen LogP contribution in [0.3, 0.4) is 0 Å². The van der Waals surface area contributed by atoms with Crippen molar-refractivity contribution in [2.75, 3.05) is 25.1 Å². The van der Waals surface area contributed by atoms with Crippen LogP contribution in [0.2, 0.25) is 0 Å². The minimum Gasteiger partial charge on any atom is -0.362 e. The third-order valence-electron chi connectivity index (χ3n) is 2.62. The summed E-state index contributed by atoms with van der Waals surface area (Å²) in [5.41, 5.74) is 0. The van der Waals surface area contributed by atoms with Crippen LogP contribution >= 0.6 is 15.9 Å². The van der Waals surface area contributed by atoms with Crippen molar-refractivity contribution < 1.29 is 22.7 Å². The van der Waals surface area contributed by atoms with Gasteiger partial charge >= 0.3 is 6.18 Å². The van der Waals surface area contributed by atoms with Crippen LogP contribution in [-0.2, 0) is 9.53 Å². The summed E-state index contributed by atoms with van der Waals surface area (Å²) < 4.78 is 39.9. The lowest BCUT2D eigenvalue weighted by molar-refractivity contribution is -0.178. The molecule has 0 aromatic rings. The Morgan fingerprint density at radius 3 is 2.71 bits per heavy atom. The standard InChI is InChI=1S/C10H15BrF3NO2/c11-5-8-3-1-2-4-15(8)9(16)6-17-7-10(12,13)14/h8H,1-7H2. The van der Waals surface area contributed by atoms with E-state index in [0.717, 1.165) is 19.3 Å². The summed E-state index contributed by atoms with van der Waals surface area (Å²) in [5, 5.41) is 0.651. The van der Waals surface area contributed by atoms with E-state index in [0.29, 0.717) is 11.9 Å². The van der Waals surface area contributed by atoms with Crippen molar-refractivity contribution >= 4 is 21.8 Å². The average molecular weight is 318 g/mol. The largest absolute Gasteiger partial charge is 0.411 e. The Hall–Kier alpha value is -0.300. The van der Waals surface area contributed by atoms with Gasteiger partial charge in [-0.15, -0.1) is 0 Å². The quantitative estimate of drug-likeness (QED) is 0.745. The number of hydrogen-bond acceptors (Lipinski definition) is 2. The van der Waals surface area contributed by atoms with E-state index in [1.54, 1.807) is 4.90 Å². The Morgan fingerprint density at radius 2 is 2.12 bits per heavy atom. The van der Waals surface area contributed by atoms with Crippen LogP contribution < -0.4 is 0 Å². The summed E-state index contributed by atoms with van der Waals surface area (Å²) in [6.07, 6.45) is -1.55. The fraction of sp³-hybridized carbons (Fsp3) is 0.900. The number of piperidine rings is 1. The van der Waals surface area contributed by atoms with Crippen molar-refractivity contribution in [3.63, 3.8) is 0 Å². The lowest BCUT2D eigenvalue weighted by Crippen LogP contribution is -2.46. The second kappa shape index (κ2) is 6.58. The molecule has 100 valence electrons. The van der Waals surface area contributed by atoms with Gasteiger partial charge in [-0.25, -0.2) is 0 Å². The van der Waals surface area contributed by atoms with Crippen molar-refractivity contribution in [1.29, 1.82) is 0 Å². The van der Waals surface area contributed by atoms with E-state index >= 15 is 0 Å². The Labute approximate surface area is 106 Å². The molecule has 0 aromatic carbocycles. The summed E-state index contributed by atoms with van der Waals surface area (Å²) in [6, 6.07) is 0.0748. The molecule has 0 radical (unpaired) electrons. The Morgan fingerprint density at radius 1 is 1.41 bits per heavy atom. The SMILES string of the molecule is O=C(COCC(F)(F)F)N1CCCCC1CBr. The Bertz CT molecular complexity index is 260. The van der Waals surface area contributed by atoms with Crippen molar-refractivity contribution in [2.24, 2.45) is 0 Å². The number of amides is 1. The van der Waals surface area contributed by atoms with Crippen molar-refractivity contribution in [3.05, 3.63) is 0 Å². The van der Waals surface area contributed by atoms with Crippen LogP contribution in [0.15, 0.2) is 0 Å². The summed E-state index contributed by atoms with van der Waals surface area (Å²) in [6.45, 7) is -1.26. The maximum absolute atomic E-state index is 11.8.